The fourth-order valence-electron chi connectivity index (χ4n) is 3.35. The summed E-state index contributed by atoms with van der Waals surface area (Å²) in [5.74, 6) is 0.406. The zero-order valence-corrected chi connectivity index (χ0v) is 11.9. The average molecular weight is 274 g/mol. The Kier molecular flexibility index (Phi) is 6.72. The second-order valence-electron chi connectivity index (χ2n) is 5.29. The van der Waals surface area contributed by atoms with E-state index in [9.17, 15) is 4.79 Å². The van der Waals surface area contributed by atoms with E-state index in [0.717, 1.165) is 6.04 Å². The molecule has 1 N–H and O–H groups in total. The van der Waals surface area contributed by atoms with Crippen LogP contribution in [0.15, 0.2) is 12.2 Å². The third-order valence-corrected chi connectivity index (χ3v) is 4.17. The summed E-state index contributed by atoms with van der Waals surface area (Å²) in [6.07, 6.45) is 9.82. The van der Waals surface area contributed by atoms with Crippen molar-refractivity contribution in [2.75, 3.05) is 19.7 Å². The highest BCUT2D eigenvalue weighted by atomic mass is 35.5. The maximum Gasteiger partial charge on any atom is 0.330 e. The normalized spacial score (nSPS) is 31.5. The van der Waals surface area contributed by atoms with Crippen molar-refractivity contribution in [3.8, 4) is 0 Å². The molecule has 4 heteroatoms. The lowest BCUT2D eigenvalue weighted by Crippen LogP contribution is -3.18. The van der Waals surface area contributed by atoms with E-state index in [0.29, 0.717) is 12.5 Å². The van der Waals surface area contributed by atoms with Crippen LogP contribution in [-0.2, 0) is 9.53 Å². The number of hydrogen-bond acceptors (Lipinski definition) is 2. The molecular formula is C14H24ClNO2. The molecular weight excluding hydrogens is 250 g/mol. The number of piperidine rings is 2. The first-order valence-corrected chi connectivity index (χ1v) is 6.95. The van der Waals surface area contributed by atoms with Gasteiger partial charge in [-0.15, -0.1) is 0 Å². The fraction of sp³-hybridized carbons (Fsp3) is 0.786. The number of carbonyl (C=O) groups is 1. The summed E-state index contributed by atoms with van der Waals surface area (Å²) in [6.45, 7) is 5.11. The maximum absolute atomic E-state index is 11.3. The first kappa shape index (κ1) is 15.5. The van der Waals surface area contributed by atoms with Crippen LogP contribution in [0.4, 0.5) is 0 Å². The van der Waals surface area contributed by atoms with Crippen LogP contribution in [-0.4, -0.2) is 31.7 Å². The molecule has 3 nitrogen and oxygen atoms in total. The third-order valence-electron chi connectivity index (χ3n) is 4.17. The molecule has 2 aliphatic heterocycles. The van der Waals surface area contributed by atoms with Gasteiger partial charge >= 0.3 is 5.97 Å². The minimum atomic E-state index is -0.185. The zero-order chi connectivity index (χ0) is 12.1. The number of fused-ring (bicyclic) bond motifs is 1. The number of carbonyl (C=O) groups excluding carboxylic acids is 1. The molecule has 0 aromatic rings. The highest BCUT2D eigenvalue weighted by Crippen LogP contribution is 2.20. The third kappa shape index (κ3) is 3.99. The number of ether oxygens (including phenoxy) is 1. The van der Waals surface area contributed by atoms with E-state index >= 15 is 0 Å². The molecule has 18 heavy (non-hydrogen) atoms. The van der Waals surface area contributed by atoms with Crippen LogP contribution in [0.3, 0.4) is 0 Å². The first-order valence-electron chi connectivity index (χ1n) is 6.95. The maximum atomic E-state index is 11.3. The molecule has 0 aliphatic carbocycles. The number of quaternary nitrogens is 1. The molecule has 104 valence electrons. The van der Waals surface area contributed by atoms with Gasteiger partial charge in [0, 0.05) is 12.0 Å². The molecule has 0 amide bonds. The minimum absolute atomic E-state index is 0. The molecule has 2 fully saturated rings. The highest BCUT2D eigenvalue weighted by molar-refractivity contribution is 5.81. The molecule has 2 heterocycles. The van der Waals surface area contributed by atoms with Crippen molar-refractivity contribution >= 4 is 5.97 Å². The van der Waals surface area contributed by atoms with E-state index in [4.69, 9.17) is 4.74 Å². The van der Waals surface area contributed by atoms with Gasteiger partial charge in [0.25, 0.3) is 0 Å². The number of halogens is 1. The zero-order valence-electron chi connectivity index (χ0n) is 11.2. The Morgan fingerprint density at radius 2 is 2.06 bits per heavy atom. The molecule has 2 rings (SSSR count). The summed E-state index contributed by atoms with van der Waals surface area (Å²) in [4.78, 5) is 13.1. The molecule has 0 radical (unpaired) electrons. The van der Waals surface area contributed by atoms with Gasteiger partial charge in [0.15, 0.2) is 0 Å². The van der Waals surface area contributed by atoms with E-state index < -0.39 is 0 Å². The molecule has 0 saturated carbocycles. The summed E-state index contributed by atoms with van der Waals surface area (Å²) in [7, 11) is 0. The minimum Gasteiger partial charge on any atom is -1.00 e. The van der Waals surface area contributed by atoms with Crippen molar-refractivity contribution in [1.82, 2.24) is 0 Å². The first-order chi connectivity index (χ1) is 8.31. The predicted octanol–water partition coefficient (Wildman–Crippen LogP) is -2.04. The summed E-state index contributed by atoms with van der Waals surface area (Å²) in [6, 6.07) is 0.746. The summed E-state index contributed by atoms with van der Waals surface area (Å²) in [5.41, 5.74) is 0. The van der Waals surface area contributed by atoms with E-state index in [1.54, 1.807) is 11.0 Å². The molecule has 0 aromatic heterocycles. The lowest BCUT2D eigenvalue weighted by Gasteiger charge is -2.40. The Morgan fingerprint density at radius 1 is 1.28 bits per heavy atom. The van der Waals surface area contributed by atoms with Gasteiger partial charge in [-0.05, 0) is 39.0 Å². The van der Waals surface area contributed by atoms with Gasteiger partial charge in [0.05, 0.1) is 19.1 Å². The van der Waals surface area contributed by atoms with Crippen LogP contribution < -0.4 is 17.3 Å². The highest BCUT2D eigenvalue weighted by Gasteiger charge is 2.36. The topological polar surface area (TPSA) is 30.7 Å². The molecule has 0 aromatic carbocycles. The van der Waals surface area contributed by atoms with Crippen LogP contribution in [0.5, 0.6) is 0 Å². The molecule has 0 bridgehead atoms. The Hall–Kier alpha value is -0.540. The van der Waals surface area contributed by atoms with Crippen molar-refractivity contribution in [3.05, 3.63) is 12.2 Å². The predicted molar refractivity (Wildman–Crippen MR) is 66.8 cm³/mol. The van der Waals surface area contributed by atoms with Crippen LogP contribution in [0.1, 0.15) is 39.0 Å². The van der Waals surface area contributed by atoms with Crippen molar-refractivity contribution < 1.29 is 26.8 Å². The van der Waals surface area contributed by atoms with Gasteiger partial charge < -0.3 is 22.0 Å². The van der Waals surface area contributed by atoms with E-state index in [1.807, 2.05) is 6.92 Å². The summed E-state index contributed by atoms with van der Waals surface area (Å²) >= 11 is 0. The van der Waals surface area contributed by atoms with Crippen LogP contribution in [0, 0.1) is 5.92 Å². The van der Waals surface area contributed by atoms with E-state index in [2.05, 4.69) is 0 Å². The van der Waals surface area contributed by atoms with Crippen molar-refractivity contribution in [2.24, 2.45) is 5.92 Å². The molecule has 2 aliphatic rings. The van der Waals surface area contributed by atoms with Gasteiger partial charge in [0.2, 0.25) is 0 Å². The van der Waals surface area contributed by atoms with Gasteiger partial charge in [-0.1, -0.05) is 6.08 Å². The second kappa shape index (κ2) is 7.80. The van der Waals surface area contributed by atoms with Crippen molar-refractivity contribution in [2.45, 2.75) is 45.1 Å². The van der Waals surface area contributed by atoms with Crippen LogP contribution in [0.2, 0.25) is 0 Å². The molecule has 0 spiro atoms. The Morgan fingerprint density at radius 3 is 2.83 bits per heavy atom. The monoisotopic (exact) mass is 273 g/mol. The lowest BCUT2D eigenvalue weighted by atomic mass is 9.84. The smallest absolute Gasteiger partial charge is 0.330 e. The summed E-state index contributed by atoms with van der Waals surface area (Å²) in [5, 5.41) is 0. The average Bonchev–Trinajstić information content (AvgIpc) is 2.36. The van der Waals surface area contributed by atoms with Crippen molar-refractivity contribution in [3.63, 3.8) is 0 Å². The van der Waals surface area contributed by atoms with Gasteiger partial charge in [-0.25, -0.2) is 4.79 Å². The number of nitrogens with one attached hydrogen (secondary N) is 1. The van der Waals surface area contributed by atoms with E-state index in [-0.39, 0.29) is 18.4 Å². The number of allylic oxidation sites excluding steroid dienone is 1. The Labute approximate surface area is 116 Å². The fourth-order valence-corrected chi connectivity index (χ4v) is 3.35. The van der Waals surface area contributed by atoms with Gasteiger partial charge in [-0.2, -0.15) is 0 Å². The molecule has 2 saturated heterocycles. The lowest BCUT2D eigenvalue weighted by molar-refractivity contribution is -0.940. The van der Waals surface area contributed by atoms with Gasteiger partial charge in [-0.3, -0.25) is 0 Å². The van der Waals surface area contributed by atoms with Gasteiger partial charge in [0.1, 0.15) is 6.61 Å². The standard InChI is InChI=1S/C14H23NO2.ClH/c1-2-6-14(16)17-11-12-7-5-10-15-9-4-3-8-13(12)15;/h2,6,12-13H,3-5,7-11H2,1H3;1H/b6-2+;/t12-,13+;/m0./s1. The van der Waals surface area contributed by atoms with Crippen LogP contribution >= 0.6 is 0 Å². The second-order valence-corrected chi connectivity index (χ2v) is 5.29. The Balaban J connectivity index is 0.00000162. The number of rotatable bonds is 3. The molecule has 1 unspecified atom stereocenters. The van der Waals surface area contributed by atoms with E-state index in [1.165, 1.54) is 51.3 Å². The Bertz CT molecular complexity index is 292. The summed E-state index contributed by atoms with van der Waals surface area (Å²) < 4.78 is 5.33. The number of hydrogen-bond donors (Lipinski definition) is 1. The largest absolute Gasteiger partial charge is 1.00 e. The molecule has 3 atom stereocenters. The quantitative estimate of drug-likeness (QED) is 0.474. The van der Waals surface area contributed by atoms with Crippen molar-refractivity contribution in [1.29, 1.82) is 0 Å². The SMILES string of the molecule is C/C=C/C(=O)OC[C@@H]1CCC[NH+]2CCCC[C@H]12.[Cl-]. The number of esters is 1. The van der Waals surface area contributed by atoms with Crippen LogP contribution in [0.25, 0.3) is 0 Å².